The fraction of sp³-hybridized carbons (Fsp3) is 0.312. The molecule has 0 saturated carbocycles. The molecule has 0 aliphatic heterocycles. The standard InChI is InChI=1S/C16H19FN4O4/c17-11-4-1-9(2-5-11)16-20-12(8-25-16)13(22)6-3-10(15(19)23)7-14(18)21-24/h1-2,4-5,8,10,13,22,24H,3,6-7H2,(H2,18,21)(H2,19,23). The number of amides is 1. The van der Waals surface area contributed by atoms with Gasteiger partial charge in [0.05, 0.1) is 6.10 Å². The number of hydrogen-bond acceptors (Lipinski definition) is 6. The fourth-order valence-electron chi connectivity index (χ4n) is 2.31. The van der Waals surface area contributed by atoms with E-state index < -0.39 is 17.9 Å². The van der Waals surface area contributed by atoms with Crippen molar-refractivity contribution in [2.45, 2.75) is 25.4 Å². The number of carbonyl (C=O) groups is 1. The van der Waals surface area contributed by atoms with Gasteiger partial charge in [-0.2, -0.15) is 0 Å². The zero-order valence-corrected chi connectivity index (χ0v) is 13.3. The van der Waals surface area contributed by atoms with Crippen molar-refractivity contribution in [2.24, 2.45) is 22.5 Å². The van der Waals surface area contributed by atoms with Crippen LogP contribution in [0.15, 0.2) is 40.1 Å². The molecular formula is C16H19FN4O4. The summed E-state index contributed by atoms with van der Waals surface area (Å²) >= 11 is 0. The van der Waals surface area contributed by atoms with Gasteiger partial charge in [0.15, 0.2) is 0 Å². The molecule has 8 nitrogen and oxygen atoms in total. The number of nitrogens with two attached hydrogens (primary N) is 2. The molecule has 6 N–H and O–H groups in total. The molecule has 2 atom stereocenters. The highest BCUT2D eigenvalue weighted by molar-refractivity contribution is 5.86. The predicted octanol–water partition coefficient (Wildman–Crippen LogP) is 1.53. The minimum absolute atomic E-state index is 0.00179. The molecule has 1 aromatic carbocycles. The molecule has 2 unspecified atom stereocenters. The monoisotopic (exact) mass is 350 g/mol. The van der Waals surface area contributed by atoms with Crippen LogP contribution in [0.1, 0.15) is 31.1 Å². The van der Waals surface area contributed by atoms with E-state index in [0.29, 0.717) is 5.56 Å². The quantitative estimate of drug-likeness (QED) is 0.245. The van der Waals surface area contributed by atoms with Gasteiger partial charge in [0.25, 0.3) is 0 Å². The summed E-state index contributed by atoms with van der Waals surface area (Å²) in [5.41, 5.74) is 11.5. The number of primary amides is 1. The summed E-state index contributed by atoms with van der Waals surface area (Å²) in [5, 5.41) is 21.6. The van der Waals surface area contributed by atoms with E-state index in [9.17, 15) is 14.3 Å². The van der Waals surface area contributed by atoms with E-state index in [2.05, 4.69) is 10.1 Å². The van der Waals surface area contributed by atoms with Crippen molar-refractivity contribution in [3.8, 4) is 11.5 Å². The number of nitrogens with zero attached hydrogens (tertiary/aromatic N) is 2. The van der Waals surface area contributed by atoms with Gasteiger partial charge >= 0.3 is 0 Å². The van der Waals surface area contributed by atoms with Gasteiger partial charge in [0.2, 0.25) is 11.8 Å². The number of benzene rings is 1. The number of oxime groups is 1. The molecule has 0 aliphatic rings. The second-order valence-corrected chi connectivity index (χ2v) is 5.57. The van der Waals surface area contributed by atoms with Crippen molar-refractivity contribution in [3.63, 3.8) is 0 Å². The fourth-order valence-corrected chi connectivity index (χ4v) is 2.31. The highest BCUT2D eigenvalue weighted by Crippen LogP contribution is 2.25. The third kappa shape index (κ3) is 5.01. The zero-order valence-electron chi connectivity index (χ0n) is 13.3. The second kappa shape index (κ2) is 8.25. The van der Waals surface area contributed by atoms with E-state index in [4.69, 9.17) is 21.1 Å². The Labute approximate surface area is 143 Å². The number of rotatable bonds is 8. The first-order chi connectivity index (χ1) is 11.9. The first-order valence-corrected chi connectivity index (χ1v) is 7.55. The maximum atomic E-state index is 12.9. The molecule has 25 heavy (non-hydrogen) atoms. The Hall–Kier alpha value is -2.94. The summed E-state index contributed by atoms with van der Waals surface area (Å²) in [6, 6.07) is 5.58. The van der Waals surface area contributed by atoms with Crippen molar-refractivity contribution >= 4 is 11.7 Å². The molecule has 2 aromatic rings. The Morgan fingerprint density at radius 2 is 1.96 bits per heavy atom. The Bertz CT molecular complexity index is 745. The molecule has 1 aromatic heterocycles. The van der Waals surface area contributed by atoms with Crippen LogP contribution >= 0.6 is 0 Å². The van der Waals surface area contributed by atoms with E-state index in [-0.39, 0.29) is 42.5 Å². The third-order valence-electron chi connectivity index (χ3n) is 3.73. The Kier molecular flexibility index (Phi) is 6.07. The summed E-state index contributed by atoms with van der Waals surface area (Å²) in [6.45, 7) is 0. The summed E-state index contributed by atoms with van der Waals surface area (Å²) in [4.78, 5) is 15.6. The van der Waals surface area contributed by atoms with Gasteiger partial charge in [-0.05, 0) is 37.1 Å². The van der Waals surface area contributed by atoms with E-state index in [1.165, 1.54) is 30.5 Å². The van der Waals surface area contributed by atoms with Gasteiger partial charge in [-0.1, -0.05) is 5.16 Å². The van der Waals surface area contributed by atoms with E-state index in [1.807, 2.05) is 0 Å². The van der Waals surface area contributed by atoms with Crippen LogP contribution in [0.2, 0.25) is 0 Å². The van der Waals surface area contributed by atoms with Crippen molar-refractivity contribution in [3.05, 3.63) is 42.0 Å². The molecule has 0 saturated heterocycles. The average Bonchev–Trinajstić information content (AvgIpc) is 3.08. The normalized spacial score (nSPS) is 14.2. The molecule has 0 fully saturated rings. The first kappa shape index (κ1) is 18.4. The number of amidine groups is 1. The molecular weight excluding hydrogens is 331 g/mol. The van der Waals surface area contributed by atoms with Gasteiger partial charge < -0.3 is 26.2 Å². The van der Waals surface area contributed by atoms with Gasteiger partial charge in [0.1, 0.15) is 23.6 Å². The van der Waals surface area contributed by atoms with Crippen LogP contribution < -0.4 is 11.5 Å². The lowest BCUT2D eigenvalue weighted by Gasteiger charge is -2.14. The molecule has 1 heterocycles. The van der Waals surface area contributed by atoms with E-state index in [0.717, 1.165) is 0 Å². The number of halogens is 1. The number of aromatic nitrogens is 1. The Morgan fingerprint density at radius 3 is 2.56 bits per heavy atom. The summed E-state index contributed by atoms with van der Waals surface area (Å²) < 4.78 is 18.2. The lowest BCUT2D eigenvalue weighted by molar-refractivity contribution is -0.122. The van der Waals surface area contributed by atoms with Crippen LogP contribution in [0, 0.1) is 11.7 Å². The number of oxazole rings is 1. The smallest absolute Gasteiger partial charge is 0.226 e. The van der Waals surface area contributed by atoms with Crippen LogP contribution in [0.4, 0.5) is 4.39 Å². The van der Waals surface area contributed by atoms with Crippen LogP contribution in [-0.4, -0.2) is 27.0 Å². The highest BCUT2D eigenvalue weighted by Gasteiger charge is 2.21. The van der Waals surface area contributed by atoms with Crippen LogP contribution in [0.25, 0.3) is 11.5 Å². The summed E-state index contributed by atoms with van der Waals surface area (Å²) in [6.07, 6.45) is 0.726. The van der Waals surface area contributed by atoms with E-state index >= 15 is 0 Å². The molecule has 0 aliphatic carbocycles. The number of carbonyl (C=O) groups excluding carboxylic acids is 1. The Morgan fingerprint density at radius 1 is 1.28 bits per heavy atom. The third-order valence-corrected chi connectivity index (χ3v) is 3.73. The second-order valence-electron chi connectivity index (χ2n) is 5.57. The first-order valence-electron chi connectivity index (χ1n) is 7.55. The molecule has 9 heteroatoms. The van der Waals surface area contributed by atoms with Gasteiger partial charge in [-0.15, -0.1) is 0 Å². The summed E-state index contributed by atoms with van der Waals surface area (Å²) in [7, 11) is 0. The molecule has 0 bridgehead atoms. The molecule has 2 rings (SSSR count). The van der Waals surface area contributed by atoms with Crippen molar-refractivity contribution < 1.29 is 23.9 Å². The average molecular weight is 350 g/mol. The van der Waals surface area contributed by atoms with Crippen molar-refractivity contribution in [2.75, 3.05) is 0 Å². The highest BCUT2D eigenvalue weighted by atomic mass is 19.1. The van der Waals surface area contributed by atoms with Crippen molar-refractivity contribution in [1.82, 2.24) is 4.98 Å². The molecule has 134 valence electrons. The maximum absolute atomic E-state index is 12.9. The van der Waals surface area contributed by atoms with Gasteiger partial charge in [-0.25, -0.2) is 9.37 Å². The SMILES string of the molecule is NC(=O)C(CCC(O)c1coc(-c2ccc(F)cc2)n1)CC(N)=NO. The Balaban J connectivity index is 2.00. The number of aliphatic hydroxyl groups excluding tert-OH is 1. The minimum atomic E-state index is -0.980. The number of aliphatic hydroxyl groups is 1. The predicted molar refractivity (Wildman–Crippen MR) is 86.8 cm³/mol. The lowest BCUT2D eigenvalue weighted by Crippen LogP contribution is -2.28. The lowest BCUT2D eigenvalue weighted by atomic mass is 9.95. The molecule has 0 spiro atoms. The largest absolute Gasteiger partial charge is 0.444 e. The molecule has 0 radical (unpaired) electrons. The van der Waals surface area contributed by atoms with Crippen LogP contribution in [0.3, 0.4) is 0 Å². The maximum Gasteiger partial charge on any atom is 0.226 e. The number of hydrogen-bond donors (Lipinski definition) is 4. The summed E-state index contributed by atoms with van der Waals surface area (Å²) in [5.74, 6) is -1.52. The van der Waals surface area contributed by atoms with Crippen LogP contribution in [-0.2, 0) is 4.79 Å². The topological polar surface area (TPSA) is 148 Å². The zero-order chi connectivity index (χ0) is 18.4. The minimum Gasteiger partial charge on any atom is -0.444 e. The van der Waals surface area contributed by atoms with Crippen LogP contribution in [0.5, 0.6) is 0 Å². The van der Waals surface area contributed by atoms with Gasteiger partial charge in [-0.3, -0.25) is 4.79 Å². The van der Waals surface area contributed by atoms with Crippen molar-refractivity contribution in [1.29, 1.82) is 0 Å². The van der Waals surface area contributed by atoms with Gasteiger partial charge in [0, 0.05) is 17.9 Å². The van der Waals surface area contributed by atoms with E-state index in [1.54, 1.807) is 0 Å². The molecule has 1 amide bonds.